The summed E-state index contributed by atoms with van der Waals surface area (Å²) in [5.41, 5.74) is 0. The molecule has 0 bridgehead atoms. The standard InChI is InChI=1S/C4H10O.BF3/c1-2-3-4-5;2-1(3)4/h5H,2-4H2,1H3;. The van der Waals surface area contributed by atoms with Gasteiger partial charge in [0.1, 0.15) is 0 Å². The highest BCUT2D eigenvalue weighted by atomic mass is 19.4. The molecular formula is C4H10BF3O. The summed E-state index contributed by atoms with van der Waals surface area (Å²) in [6, 6.07) is 0. The molecule has 0 aliphatic heterocycles. The number of rotatable bonds is 2. The van der Waals surface area contributed by atoms with Gasteiger partial charge in [0.15, 0.2) is 0 Å². The lowest BCUT2D eigenvalue weighted by Crippen LogP contribution is -1.76. The molecule has 0 heterocycles. The maximum absolute atomic E-state index is 9.67. The van der Waals surface area contributed by atoms with E-state index in [0.29, 0.717) is 6.61 Å². The van der Waals surface area contributed by atoms with Crippen LogP contribution < -0.4 is 0 Å². The van der Waals surface area contributed by atoms with Gasteiger partial charge in [0.2, 0.25) is 0 Å². The highest BCUT2D eigenvalue weighted by molar-refractivity contribution is 6.33. The SMILES string of the molecule is CCCCO.FB(F)F. The fourth-order valence-corrected chi connectivity index (χ4v) is 0.158. The molecule has 0 unspecified atom stereocenters. The van der Waals surface area contributed by atoms with E-state index >= 15 is 0 Å². The van der Waals surface area contributed by atoms with Gasteiger partial charge in [-0.3, -0.25) is 12.9 Å². The minimum absolute atomic E-state index is 0.344. The summed E-state index contributed by atoms with van der Waals surface area (Å²) in [5.74, 6) is 0. The Balaban J connectivity index is 0. The molecule has 0 aliphatic rings. The highest BCUT2D eigenvalue weighted by Crippen LogP contribution is 1.80. The first-order valence-corrected chi connectivity index (χ1v) is 2.68. The minimum Gasteiger partial charge on any atom is -0.396 e. The molecule has 56 valence electrons. The Hall–Kier alpha value is -0.185. The Bertz CT molecular complexity index is 40.0. The number of hydrogen-bond donors (Lipinski definition) is 1. The Morgan fingerprint density at radius 1 is 1.33 bits per heavy atom. The van der Waals surface area contributed by atoms with Crippen molar-refractivity contribution in [3.05, 3.63) is 0 Å². The predicted octanol–water partition coefficient (Wildman–Crippen LogP) is 1.66. The van der Waals surface area contributed by atoms with Gasteiger partial charge in [0, 0.05) is 6.61 Å². The van der Waals surface area contributed by atoms with Crippen LogP contribution in [0.5, 0.6) is 0 Å². The third-order valence-electron chi connectivity index (χ3n) is 0.512. The van der Waals surface area contributed by atoms with E-state index in [1.54, 1.807) is 0 Å². The van der Waals surface area contributed by atoms with Crippen LogP contribution in [0.4, 0.5) is 12.9 Å². The molecule has 1 N–H and O–H groups in total. The lowest BCUT2D eigenvalue weighted by Gasteiger charge is -1.79. The van der Waals surface area contributed by atoms with Crippen LogP contribution >= 0.6 is 0 Å². The summed E-state index contributed by atoms with van der Waals surface area (Å²) in [5, 5.41) is 8.07. The normalized spacial score (nSPS) is 7.67. The number of unbranched alkanes of at least 4 members (excludes halogenated alkanes) is 1. The van der Waals surface area contributed by atoms with Gasteiger partial charge < -0.3 is 5.11 Å². The molecule has 0 spiro atoms. The largest absolute Gasteiger partial charge is 0.762 e. The van der Waals surface area contributed by atoms with E-state index in [9.17, 15) is 12.9 Å². The van der Waals surface area contributed by atoms with E-state index in [1.165, 1.54) is 0 Å². The van der Waals surface area contributed by atoms with Gasteiger partial charge in [-0.2, -0.15) is 0 Å². The van der Waals surface area contributed by atoms with Gasteiger partial charge in [-0.25, -0.2) is 0 Å². The van der Waals surface area contributed by atoms with Crippen molar-refractivity contribution in [2.75, 3.05) is 6.61 Å². The molecule has 5 heteroatoms. The lowest BCUT2D eigenvalue weighted by molar-refractivity contribution is 0.287. The third kappa shape index (κ3) is 80.2. The molecular weight excluding hydrogens is 132 g/mol. The van der Waals surface area contributed by atoms with Crippen molar-refractivity contribution in [3.8, 4) is 0 Å². The summed E-state index contributed by atoms with van der Waals surface area (Å²) in [4.78, 5) is 0. The topological polar surface area (TPSA) is 20.2 Å². The zero-order valence-electron chi connectivity index (χ0n) is 5.28. The van der Waals surface area contributed by atoms with Crippen molar-refractivity contribution < 1.29 is 18.1 Å². The Morgan fingerprint density at radius 2 is 1.67 bits per heavy atom. The molecule has 1 nitrogen and oxygen atoms in total. The van der Waals surface area contributed by atoms with Crippen LogP contribution in [0.1, 0.15) is 19.8 Å². The molecule has 9 heavy (non-hydrogen) atoms. The second-order valence-electron chi connectivity index (χ2n) is 1.32. The first-order valence-electron chi connectivity index (χ1n) is 2.68. The Morgan fingerprint density at radius 3 is 1.67 bits per heavy atom. The first kappa shape index (κ1) is 11.6. The Labute approximate surface area is 53.1 Å². The number of aliphatic hydroxyl groups excluding tert-OH is 1. The van der Waals surface area contributed by atoms with E-state index < -0.39 is 7.54 Å². The first-order chi connectivity index (χ1) is 4.15. The molecule has 0 aromatic rings. The number of aliphatic hydroxyl groups is 1. The monoisotopic (exact) mass is 142 g/mol. The van der Waals surface area contributed by atoms with E-state index in [2.05, 4.69) is 6.92 Å². The summed E-state index contributed by atoms with van der Waals surface area (Å²) in [6.07, 6.45) is 2.04. The zero-order valence-corrected chi connectivity index (χ0v) is 5.28. The van der Waals surface area contributed by atoms with Crippen molar-refractivity contribution in [3.63, 3.8) is 0 Å². The predicted molar refractivity (Wildman–Crippen MR) is 31.1 cm³/mol. The van der Waals surface area contributed by atoms with Gasteiger partial charge in [0.05, 0.1) is 0 Å². The quantitative estimate of drug-likeness (QED) is 0.581. The molecule has 0 aromatic heterocycles. The Kier molecular flexibility index (Phi) is 13.8. The van der Waals surface area contributed by atoms with Crippen LogP contribution in [0, 0.1) is 0 Å². The molecule has 0 rings (SSSR count). The van der Waals surface area contributed by atoms with Crippen LogP contribution in [0.15, 0.2) is 0 Å². The number of hydrogen-bond acceptors (Lipinski definition) is 1. The van der Waals surface area contributed by atoms with Gasteiger partial charge >= 0.3 is 7.54 Å². The molecule has 0 atom stereocenters. The molecule has 0 aliphatic carbocycles. The summed E-state index contributed by atoms with van der Waals surface area (Å²) >= 11 is 0. The smallest absolute Gasteiger partial charge is 0.396 e. The van der Waals surface area contributed by atoms with Crippen LogP contribution in [-0.4, -0.2) is 19.3 Å². The molecule has 0 amide bonds. The summed E-state index contributed by atoms with van der Waals surface area (Å²) in [6.45, 7) is 2.40. The van der Waals surface area contributed by atoms with Crippen LogP contribution in [0.25, 0.3) is 0 Å². The second-order valence-corrected chi connectivity index (χ2v) is 1.32. The average molecular weight is 142 g/mol. The second kappa shape index (κ2) is 10.7. The van der Waals surface area contributed by atoms with Crippen molar-refractivity contribution >= 4 is 7.54 Å². The highest BCUT2D eigenvalue weighted by Gasteiger charge is 2.06. The van der Waals surface area contributed by atoms with E-state index in [1.807, 2.05) is 0 Å². The van der Waals surface area contributed by atoms with Crippen molar-refractivity contribution in [2.24, 2.45) is 0 Å². The van der Waals surface area contributed by atoms with Crippen molar-refractivity contribution in [2.45, 2.75) is 19.8 Å². The van der Waals surface area contributed by atoms with Gasteiger partial charge in [-0.15, -0.1) is 0 Å². The van der Waals surface area contributed by atoms with Crippen LogP contribution in [-0.2, 0) is 0 Å². The van der Waals surface area contributed by atoms with Crippen LogP contribution in [0.3, 0.4) is 0 Å². The van der Waals surface area contributed by atoms with Crippen molar-refractivity contribution in [1.82, 2.24) is 0 Å². The maximum atomic E-state index is 9.67. The van der Waals surface area contributed by atoms with Gasteiger partial charge in [-0.05, 0) is 6.42 Å². The molecule has 0 fully saturated rings. The zero-order chi connectivity index (χ0) is 7.70. The van der Waals surface area contributed by atoms with Gasteiger partial charge in [-0.1, -0.05) is 13.3 Å². The van der Waals surface area contributed by atoms with Gasteiger partial charge in [0.25, 0.3) is 0 Å². The molecule has 0 saturated carbocycles. The maximum Gasteiger partial charge on any atom is 0.762 e. The van der Waals surface area contributed by atoms with E-state index in [4.69, 9.17) is 5.11 Å². The minimum atomic E-state index is -3.67. The van der Waals surface area contributed by atoms with Crippen molar-refractivity contribution in [1.29, 1.82) is 0 Å². The fraction of sp³-hybridized carbons (Fsp3) is 1.00. The number of halogens is 3. The van der Waals surface area contributed by atoms with Crippen LogP contribution in [0.2, 0.25) is 0 Å². The molecule has 0 saturated heterocycles. The summed E-state index contributed by atoms with van der Waals surface area (Å²) in [7, 11) is -3.67. The summed E-state index contributed by atoms with van der Waals surface area (Å²) < 4.78 is 29.0. The fourth-order valence-electron chi connectivity index (χ4n) is 0.158. The third-order valence-corrected chi connectivity index (χ3v) is 0.512. The lowest BCUT2D eigenvalue weighted by atomic mass is 10.4. The molecule has 0 aromatic carbocycles. The molecule has 0 radical (unpaired) electrons. The average Bonchev–Trinajstić information content (AvgIpc) is 1.66. The van der Waals surface area contributed by atoms with E-state index in [-0.39, 0.29) is 0 Å². The van der Waals surface area contributed by atoms with E-state index in [0.717, 1.165) is 12.8 Å².